The molecule has 0 bridgehead atoms. The minimum absolute atomic E-state index is 0. The van der Waals surface area contributed by atoms with Crippen molar-refractivity contribution in [2.24, 2.45) is 17.6 Å². The van der Waals surface area contributed by atoms with Crippen LogP contribution in [-0.2, 0) is 4.79 Å². The number of amides is 1. The fourth-order valence-electron chi connectivity index (χ4n) is 2.67. The molecule has 23 heavy (non-hydrogen) atoms. The molecule has 3 rings (SSSR count). The number of primary amides is 1. The van der Waals surface area contributed by atoms with Gasteiger partial charge < -0.3 is 26.6 Å². The van der Waals surface area contributed by atoms with E-state index in [2.05, 4.69) is 34.8 Å². The maximum Gasteiger partial charge on any atom is 0.221 e. The van der Waals surface area contributed by atoms with Crippen LogP contribution in [0.2, 0.25) is 0 Å². The van der Waals surface area contributed by atoms with Crippen molar-refractivity contribution in [3.05, 3.63) is 0 Å². The van der Waals surface area contributed by atoms with Crippen molar-refractivity contribution < 1.29 is 4.79 Å². The summed E-state index contributed by atoms with van der Waals surface area (Å²) < 4.78 is 0. The Morgan fingerprint density at radius 3 is 1.91 bits per heavy atom. The van der Waals surface area contributed by atoms with Crippen LogP contribution >= 0.6 is 0 Å². The van der Waals surface area contributed by atoms with Crippen molar-refractivity contribution in [3.8, 4) is 0 Å². The molecule has 2 unspecified atom stereocenters. The van der Waals surface area contributed by atoms with Gasteiger partial charge in [-0.2, -0.15) is 0 Å². The molecule has 0 aliphatic carbocycles. The van der Waals surface area contributed by atoms with E-state index in [0.717, 1.165) is 44.9 Å². The van der Waals surface area contributed by atoms with Crippen molar-refractivity contribution in [2.45, 2.75) is 33.6 Å². The third-order valence-electron chi connectivity index (χ3n) is 4.35. The maximum absolute atomic E-state index is 10.5. The lowest BCUT2D eigenvalue weighted by atomic mass is 9.99. The highest BCUT2D eigenvalue weighted by atomic mass is 16.1. The number of piperazine rings is 1. The molecule has 0 aromatic heterocycles. The Bertz CT molecular complexity index is 283. The summed E-state index contributed by atoms with van der Waals surface area (Å²) in [5.41, 5.74) is 5.09. The van der Waals surface area contributed by atoms with Crippen molar-refractivity contribution in [1.82, 2.24) is 20.9 Å². The molecular weight excluding hydrogens is 290 g/mol. The molecule has 3 saturated heterocycles. The molecule has 0 radical (unpaired) electrons. The fraction of sp³-hybridized carbons (Fsp3) is 0.941. The van der Waals surface area contributed by atoms with E-state index >= 15 is 0 Å². The zero-order valence-electron chi connectivity index (χ0n) is 14.4. The van der Waals surface area contributed by atoms with Crippen LogP contribution in [0.1, 0.15) is 33.6 Å². The number of nitrogens with one attached hydrogen (secondary N) is 3. The summed E-state index contributed by atoms with van der Waals surface area (Å²) in [6.45, 7) is 11.3. The number of hydrogen-bond acceptors (Lipinski definition) is 5. The topological polar surface area (TPSA) is 82.4 Å². The van der Waals surface area contributed by atoms with Crippen LogP contribution in [0.3, 0.4) is 0 Å². The summed E-state index contributed by atoms with van der Waals surface area (Å²) in [5, 5.41) is 9.66. The molecule has 3 heterocycles. The lowest BCUT2D eigenvalue weighted by Crippen LogP contribution is -2.40. The second kappa shape index (κ2) is 13.7. The van der Waals surface area contributed by atoms with Crippen LogP contribution in [0, 0.1) is 11.8 Å². The van der Waals surface area contributed by atoms with Gasteiger partial charge in [-0.1, -0.05) is 14.4 Å². The molecule has 0 aromatic carbocycles. The summed E-state index contributed by atoms with van der Waals surface area (Å²) >= 11 is 0. The Morgan fingerprint density at radius 1 is 1.00 bits per heavy atom. The largest absolute Gasteiger partial charge is 0.369 e. The van der Waals surface area contributed by atoms with Gasteiger partial charge >= 0.3 is 0 Å². The summed E-state index contributed by atoms with van der Waals surface area (Å²) in [4.78, 5) is 12.9. The highest BCUT2D eigenvalue weighted by molar-refractivity contribution is 5.76. The van der Waals surface area contributed by atoms with Crippen LogP contribution in [0.5, 0.6) is 0 Å². The van der Waals surface area contributed by atoms with Gasteiger partial charge in [-0.3, -0.25) is 4.79 Å². The van der Waals surface area contributed by atoms with Crippen molar-refractivity contribution in [1.29, 1.82) is 0 Å². The normalized spacial score (nSPS) is 27.6. The molecule has 2 atom stereocenters. The molecule has 6 heteroatoms. The molecule has 0 spiro atoms. The molecule has 6 nitrogen and oxygen atoms in total. The first kappa shape index (κ1) is 22.3. The molecule has 5 N–H and O–H groups in total. The van der Waals surface area contributed by atoms with Gasteiger partial charge in [0.15, 0.2) is 0 Å². The number of rotatable bonds is 1. The molecular formula is C17H39N5O. The van der Waals surface area contributed by atoms with E-state index in [1.165, 1.54) is 32.6 Å². The SMILES string of the molecule is C.CC1CCNC1.CN1CCNCC1.NC(=O)C1CCCNC1. The number of likely N-dealkylation sites (N-methyl/N-ethyl adjacent to an activating group) is 1. The Balaban J connectivity index is 0.000000315. The van der Waals surface area contributed by atoms with Gasteiger partial charge in [0.2, 0.25) is 5.91 Å². The summed E-state index contributed by atoms with van der Waals surface area (Å²) in [6.07, 6.45) is 3.41. The van der Waals surface area contributed by atoms with E-state index in [9.17, 15) is 4.79 Å². The first-order valence-corrected chi connectivity index (χ1v) is 8.69. The zero-order valence-corrected chi connectivity index (χ0v) is 14.4. The Kier molecular flexibility index (Phi) is 13.3. The van der Waals surface area contributed by atoms with E-state index < -0.39 is 0 Å². The standard InChI is InChI=1S/C6H12N2O.C5H12N2.C5H11N.CH4/c7-6(9)5-2-1-3-8-4-5;1-7-4-2-6-3-5-7;1-5-2-3-6-4-5;/h5,8H,1-4H2,(H2,7,9);6H,2-5H2,1H3;5-6H,2-4H2,1H3;1H4. The number of carbonyl (C=O) groups excluding carboxylic acids is 1. The lowest BCUT2D eigenvalue weighted by Gasteiger charge is -2.21. The molecule has 3 aliphatic rings. The number of carbonyl (C=O) groups is 1. The summed E-state index contributed by atoms with van der Waals surface area (Å²) in [5.74, 6) is 0.853. The highest BCUT2D eigenvalue weighted by Crippen LogP contribution is 2.07. The summed E-state index contributed by atoms with van der Waals surface area (Å²) in [6, 6.07) is 0. The second-order valence-corrected chi connectivity index (χ2v) is 6.60. The molecule has 0 saturated carbocycles. The van der Waals surface area contributed by atoms with Crippen LogP contribution in [0.25, 0.3) is 0 Å². The third kappa shape index (κ3) is 11.5. The molecule has 3 aliphatic heterocycles. The quantitative estimate of drug-likeness (QED) is 0.554. The van der Waals surface area contributed by atoms with E-state index in [0.29, 0.717) is 0 Å². The van der Waals surface area contributed by atoms with Gasteiger partial charge in [0.05, 0.1) is 5.92 Å². The predicted octanol–water partition coefficient (Wildman–Crippen LogP) is 0.245. The Labute approximate surface area is 142 Å². The van der Waals surface area contributed by atoms with Crippen molar-refractivity contribution in [2.75, 3.05) is 59.4 Å². The van der Waals surface area contributed by atoms with Crippen LogP contribution in [0.15, 0.2) is 0 Å². The van der Waals surface area contributed by atoms with Gasteiger partial charge in [0.1, 0.15) is 0 Å². The number of nitrogens with zero attached hydrogens (tertiary/aromatic N) is 1. The zero-order chi connectivity index (χ0) is 16.2. The highest BCUT2D eigenvalue weighted by Gasteiger charge is 2.17. The van der Waals surface area contributed by atoms with Gasteiger partial charge in [0, 0.05) is 32.7 Å². The van der Waals surface area contributed by atoms with Crippen molar-refractivity contribution >= 4 is 5.91 Å². The minimum atomic E-state index is -0.165. The monoisotopic (exact) mass is 329 g/mol. The number of hydrogen-bond donors (Lipinski definition) is 4. The average Bonchev–Trinajstić information content (AvgIpc) is 3.01. The second-order valence-electron chi connectivity index (χ2n) is 6.60. The predicted molar refractivity (Wildman–Crippen MR) is 98.5 cm³/mol. The van der Waals surface area contributed by atoms with Gasteiger partial charge in [-0.05, 0) is 51.9 Å². The van der Waals surface area contributed by atoms with Crippen LogP contribution in [0.4, 0.5) is 0 Å². The van der Waals surface area contributed by atoms with Crippen LogP contribution in [-0.4, -0.2) is 70.2 Å². The average molecular weight is 330 g/mol. The van der Waals surface area contributed by atoms with E-state index in [4.69, 9.17) is 5.73 Å². The van der Waals surface area contributed by atoms with Gasteiger partial charge in [0.25, 0.3) is 0 Å². The first-order valence-electron chi connectivity index (χ1n) is 8.69. The minimum Gasteiger partial charge on any atom is -0.369 e. The number of piperidine rings is 1. The Morgan fingerprint density at radius 2 is 1.65 bits per heavy atom. The van der Waals surface area contributed by atoms with Crippen molar-refractivity contribution in [3.63, 3.8) is 0 Å². The molecule has 138 valence electrons. The molecule has 0 aromatic rings. The lowest BCUT2D eigenvalue weighted by molar-refractivity contribution is -0.122. The maximum atomic E-state index is 10.5. The fourth-order valence-corrected chi connectivity index (χ4v) is 2.67. The first-order chi connectivity index (χ1) is 10.6. The smallest absolute Gasteiger partial charge is 0.221 e. The molecule has 3 fully saturated rings. The Hall–Kier alpha value is -0.690. The number of nitrogens with two attached hydrogens (primary N) is 1. The van der Waals surface area contributed by atoms with Gasteiger partial charge in [-0.25, -0.2) is 0 Å². The van der Waals surface area contributed by atoms with E-state index in [1.54, 1.807) is 0 Å². The van der Waals surface area contributed by atoms with E-state index in [-0.39, 0.29) is 19.3 Å². The third-order valence-corrected chi connectivity index (χ3v) is 4.35. The van der Waals surface area contributed by atoms with Crippen LogP contribution < -0.4 is 21.7 Å². The van der Waals surface area contributed by atoms with Gasteiger partial charge in [-0.15, -0.1) is 0 Å². The van der Waals surface area contributed by atoms with E-state index in [1.807, 2.05) is 0 Å². The summed E-state index contributed by atoms with van der Waals surface area (Å²) in [7, 11) is 2.15. The molecule has 1 amide bonds.